The van der Waals surface area contributed by atoms with Crippen LogP contribution in [0.3, 0.4) is 0 Å². The maximum absolute atomic E-state index is 12.3. The summed E-state index contributed by atoms with van der Waals surface area (Å²) >= 11 is 0. The quantitative estimate of drug-likeness (QED) is 0.566. The molecular formula is C14H21N3O4. The number of nitro benzene ring substituents is 1. The molecule has 21 heavy (non-hydrogen) atoms. The first-order chi connectivity index (χ1) is 10.0. The number of anilines is 1. The zero-order valence-electron chi connectivity index (χ0n) is 12.5. The van der Waals surface area contributed by atoms with Crippen LogP contribution in [-0.4, -0.2) is 37.6 Å². The second-order valence-electron chi connectivity index (χ2n) is 4.62. The summed E-state index contributed by atoms with van der Waals surface area (Å²) in [5, 5.41) is 16.7. The van der Waals surface area contributed by atoms with E-state index in [0.29, 0.717) is 12.3 Å². The van der Waals surface area contributed by atoms with E-state index in [1.807, 2.05) is 6.92 Å². The van der Waals surface area contributed by atoms with E-state index in [0.717, 1.165) is 12.8 Å². The molecule has 0 aromatic heterocycles. The summed E-state index contributed by atoms with van der Waals surface area (Å²) < 4.78 is 5.05. The van der Waals surface area contributed by atoms with Gasteiger partial charge in [0, 0.05) is 14.2 Å². The molecule has 1 aromatic carbocycles. The Morgan fingerprint density at radius 2 is 2.19 bits per heavy atom. The van der Waals surface area contributed by atoms with Gasteiger partial charge in [0.2, 0.25) is 0 Å². The Balaban J connectivity index is 3.03. The number of nitrogens with zero attached hydrogens (tertiary/aromatic N) is 1. The lowest BCUT2D eigenvalue weighted by Gasteiger charge is -2.17. The molecule has 0 saturated heterocycles. The Kier molecular flexibility index (Phi) is 6.61. The van der Waals surface area contributed by atoms with E-state index in [-0.39, 0.29) is 17.3 Å². The number of methoxy groups -OCH3 is 1. The van der Waals surface area contributed by atoms with Crippen molar-refractivity contribution in [3.8, 4) is 0 Å². The molecule has 1 atom stereocenters. The van der Waals surface area contributed by atoms with E-state index in [2.05, 4.69) is 10.6 Å². The molecule has 7 heteroatoms. The van der Waals surface area contributed by atoms with Gasteiger partial charge in [-0.15, -0.1) is 0 Å². The highest BCUT2D eigenvalue weighted by Gasteiger charge is 2.25. The SMILES string of the molecule is CCCC(COC)NC(=O)c1cccc(NC)c1[N+](=O)[O-]. The summed E-state index contributed by atoms with van der Waals surface area (Å²) in [5.41, 5.74) is 0.139. The number of nitrogens with one attached hydrogen (secondary N) is 2. The third-order valence-corrected chi connectivity index (χ3v) is 3.07. The minimum absolute atomic E-state index is 0.0454. The van der Waals surface area contributed by atoms with E-state index in [1.165, 1.54) is 6.07 Å². The van der Waals surface area contributed by atoms with Crippen LogP contribution in [0.2, 0.25) is 0 Å². The number of rotatable bonds is 8. The first kappa shape index (κ1) is 16.9. The van der Waals surface area contributed by atoms with Crippen molar-refractivity contribution in [3.63, 3.8) is 0 Å². The molecule has 0 fully saturated rings. The van der Waals surface area contributed by atoms with Gasteiger partial charge in [0.15, 0.2) is 0 Å². The lowest BCUT2D eigenvalue weighted by atomic mass is 10.1. The van der Waals surface area contributed by atoms with Gasteiger partial charge >= 0.3 is 5.69 Å². The molecule has 0 aliphatic rings. The first-order valence-corrected chi connectivity index (χ1v) is 6.80. The van der Waals surface area contributed by atoms with Gasteiger partial charge in [-0.2, -0.15) is 0 Å². The monoisotopic (exact) mass is 295 g/mol. The molecule has 0 radical (unpaired) electrons. The molecule has 0 aliphatic heterocycles. The average molecular weight is 295 g/mol. The van der Waals surface area contributed by atoms with Crippen LogP contribution in [0.1, 0.15) is 30.1 Å². The van der Waals surface area contributed by atoms with Crippen molar-refractivity contribution in [2.45, 2.75) is 25.8 Å². The molecule has 1 amide bonds. The fourth-order valence-electron chi connectivity index (χ4n) is 2.14. The maximum atomic E-state index is 12.3. The van der Waals surface area contributed by atoms with Crippen LogP contribution in [0.15, 0.2) is 18.2 Å². The van der Waals surface area contributed by atoms with Crippen LogP contribution in [0.5, 0.6) is 0 Å². The lowest BCUT2D eigenvalue weighted by molar-refractivity contribution is -0.384. The highest BCUT2D eigenvalue weighted by Crippen LogP contribution is 2.28. The Morgan fingerprint density at radius 3 is 2.71 bits per heavy atom. The molecule has 0 aliphatic carbocycles. The second-order valence-corrected chi connectivity index (χ2v) is 4.62. The van der Waals surface area contributed by atoms with Crippen molar-refractivity contribution in [1.29, 1.82) is 0 Å². The van der Waals surface area contributed by atoms with E-state index in [9.17, 15) is 14.9 Å². The van der Waals surface area contributed by atoms with Crippen molar-refractivity contribution >= 4 is 17.3 Å². The number of nitro groups is 1. The molecule has 1 unspecified atom stereocenters. The molecule has 1 rings (SSSR count). The van der Waals surface area contributed by atoms with E-state index < -0.39 is 10.8 Å². The molecule has 1 aromatic rings. The van der Waals surface area contributed by atoms with Gasteiger partial charge in [-0.1, -0.05) is 19.4 Å². The summed E-state index contributed by atoms with van der Waals surface area (Å²) in [6, 6.07) is 4.46. The Labute approximate surface area is 123 Å². The number of benzene rings is 1. The number of amides is 1. The molecule has 2 N–H and O–H groups in total. The molecular weight excluding hydrogens is 274 g/mol. The molecule has 0 bridgehead atoms. The van der Waals surface area contributed by atoms with Crippen molar-refractivity contribution in [2.24, 2.45) is 0 Å². The summed E-state index contributed by atoms with van der Waals surface area (Å²) in [6.07, 6.45) is 1.63. The normalized spacial score (nSPS) is 11.8. The standard InChI is InChI=1S/C14H21N3O4/c1-4-6-10(9-21-3)16-14(18)11-7-5-8-12(15-2)13(11)17(19)20/h5,7-8,10,15H,4,6,9H2,1-3H3,(H,16,18). The van der Waals surface area contributed by atoms with Gasteiger partial charge in [0.05, 0.1) is 17.6 Å². The number of hydrogen-bond acceptors (Lipinski definition) is 5. The van der Waals surface area contributed by atoms with E-state index in [1.54, 1.807) is 26.3 Å². The molecule has 0 heterocycles. The van der Waals surface area contributed by atoms with Crippen molar-refractivity contribution in [3.05, 3.63) is 33.9 Å². The number of hydrogen-bond donors (Lipinski definition) is 2. The van der Waals surface area contributed by atoms with Crippen LogP contribution in [0.4, 0.5) is 11.4 Å². The van der Waals surface area contributed by atoms with Gasteiger partial charge in [-0.25, -0.2) is 0 Å². The van der Waals surface area contributed by atoms with Crippen molar-refractivity contribution in [1.82, 2.24) is 5.32 Å². The summed E-state index contributed by atoms with van der Waals surface area (Å²) in [6.45, 7) is 2.37. The number of carbonyl (C=O) groups excluding carboxylic acids is 1. The summed E-state index contributed by atoms with van der Waals surface area (Å²) in [5.74, 6) is -0.464. The van der Waals surface area contributed by atoms with Gasteiger partial charge in [0.1, 0.15) is 11.3 Å². The molecule has 116 valence electrons. The van der Waals surface area contributed by atoms with E-state index in [4.69, 9.17) is 4.74 Å². The highest BCUT2D eigenvalue weighted by atomic mass is 16.6. The van der Waals surface area contributed by atoms with Crippen LogP contribution >= 0.6 is 0 Å². The summed E-state index contributed by atoms with van der Waals surface area (Å²) in [7, 11) is 3.13. The smallest absolute Gasteiger partial charge is 0.305 e. The van der Waals surface area contributed by atoms with Crippen LogP contribution in [-0.2, 0) is 4.74 Å². The first-order valence-electron chi connectivity index (χ1n) is 6.80. The highest BCUT2D eigenvalue weighted by molar-refractivity contribution is 6.00. The summed E-state index contributed by atoms with van der Waals surface area (Å²) in [4.78, 5) is 23.0. The topological polar surface area (TPSA) is 93.5 Å². The Bertz CT molecular complexity index is 499. The fraction of sp³-hybridized carbons (Fsp3) is 0.500. The predicted octanol–water partition coefficient (Wildman–Crippen LogP) is 2.18. The third-order valence-electron chi connectivity index (χ3n) is 3.07. The van der Waals surface area contributed by atoms with Crippen molar-refractivity contribution in [2.75, 3.05) is 26.1 Å². The zero-order valence-corrected chi connectivity index (χ0v) is 12.5. The fourth-order valence-corrected chi connectivity index (χ4v) is 2.14. The largest absolute Gasteiger partial charge is 0.383 e. The van der Waals surface area contributed by atoms with Crippen LogP contribution in [0, 0.1) is 10.1 Å². The van der Waals surface area contributed by atoms with Crippen LogP contribution in [0.25, 0.3) is 0 Å². The molecule has 0 saturated carbocycles. The van der Waals surface area contributed by atoms with Gasteiger partial charge in [-0.3, -0.25) is 14.9 Å². The van der Waals surface area contributed by atoms with Crippen LogP contribution < -0.4 is 10.6 Å². The zero-order chi connectivity index (χ0) is 15.8. The van der Waals surface area contributed by atoms with Gasteiger partial charge < -0.3 is 15.4 Å². The average Bonchev–Trinajstić information content (AvgIpc) is 2.46. The number of carbonyl (C=O) groups is 1. The Hall–Kier alpha value is -2.15. The minimum Gasteiger partial charge on any atom is -0.383 e. The molecule has 0 spiro atoms. The molecule has 7 nitrogen and oxygen atoms in total. The minimum atomic E-state index is -0.550. The maximum Gasteiger partial charge on any atom is 0.305 e. The lowest BCUT2D eigenvalue weighted by Crippen LogP contribution is -2.38. The van der Waals surface area contributed by atoms with Crippen molar-refractivity contribution < 1.29 is 14.5 Å². The van der Waals surface area contributed by atoms with Gasteiger partial charge in [-0.05, 0) is 18.6 Å². The second kappa shape index (κ2) is 8.21. The number of para-hydroxylation sites is 1. The third kappa shape index (κ3) is 4.42. The Morgan fingerprint density at radius 1 is 1.48 bits per heavy atom. The number of ether oxygens (including phenoxy) is 1. The predicted molar refractivity (Wildman–Crippen MR) is 80.7 cm³/mol. The van der Waals surface area contributed by atoms with E-state index >= 15 is 0 Å². The van der Waals surface area contributed by atoms with Gasteiger partial charge in [0.25, 0.3) is 5.91 Å².